The van der Waals surface area contributed by atoms with E-state index in [-0.39, 0.29) is 12.4 Å². The molecule has 1 aromatic heterocycles. The number of nitrogens with zero attached hydrogens (tertiary/aromatic N) is 2. The van der Waals surface area contributed by atoms with Gasteiger partial charge in [-0.2, -0.15) is 0 Å². The van der Waals surface area contributed by atoms with Crippen molar-refractivity contribution < 1.29 is 18.3 Å². The summed E-state index contributed by atoms with van der Waals surface area (Å²) < 4.78 is 23.9. The van der Waals surface area contributed by atoms with E-state index in [1.165, 1.54) is 25.6 Å². The normalized spacial score (nSPS) is 10.5. The summed E-state index contributed by atoms with van der Waals surface area (Å²) in [6.45, 7) is -0.0591. The number of ether oxygens (including phenoxy) is 1. The van der Waals surface area contributed by atoms with E-state index in [0.717, 1.165) is 5.56 Å². The minimum absolute atomic E-state index is 0.0591. The van der Waals surface area contributed by atoms with Crippen LogP contribution >= 0.6 is 0 Å². The molecule has 0 saturated carbocycles. The highest BCUT2D eigenvalue weighted by Gasteiger charge is 2.16. The molecule has 1 heterocycles. The van der Waals surface area contributed by atoms with Gasteiger partial charge in [0.15, 0.2) is 12.2 Å². The number of halogens is 1. The third-order valence-electron chi connectivity index (χ3n) is 3.65. The van der Waals surface area contributed by atoms with Crippen LogP contribution in [-0.2, 0) is 4.79 Å². The van der Waals surface area contributed by atoms with E-state index in [4.69, 9.17) is 14.9 Å². The Morgan fingerprint density at radius 1 is 1.24 bits per heavy atom. The minimum Gasteiger partial charge on any atom is -0.496 e. The van der Waals surface area contributed by atoms with Gasteiger partial charge in [0.2, 0.25) is 5.91 Å². The molecule has 0 bridgehead atoms. The average Bonchev–Trinajstić information content (AvgIpc) is 3.14. The summed E-state index contributed by atoms with van der Waals surface area (Å²) in [5.74, 6) is 0.237. The number of anilines is 2. The molecule has 0 aliphatic carbocycles. The molecule has 0 aliphatic heterocycles. The molecule has 2 N–H and O–H groups in total. The number of rotatable bonds is 6. The molecule has 0 spiro atoms. The quantitative estimate of drug-likeness (QED) is 0.745. The molecule has 1 amide bonds. The molecule has 0 fully saturated rings. The molecule has 0 saturated heterocycles. The van der Waals surface area contributed by atoms with Crippen molar-refractivity contribution in [3.05, 3.63) is 60.9 Å². The van der Waals surface area contributed by atoms with Crippen LogP contribution in [0.15, 0.2) is 59.5 Å². The fourth-order valence-electron chi connectivity index (χ4n) is 2.51. The topological polar surface area (TPSA) is 81.6 Å². The first-order valence-electron chi connectivity index (χ1n) is 7.47. The second-order valence-corrected chi connectivity index (χ2v) is 5.28. The number of primary amides is 1. The predicted octanol–water partition coefficient (Wildman–Crippen LogP) is 3.11. The number of nitrogens with two attached hydrogens (primary N) is 1. The molecule has 25 heavy (non-hydrogen) atoms. The van der Waals surface area contributed by atoms with E-state index in [1.54, 1.807) is 41.4 Å². The van der Waals surface area contributed by atoms with E-state index in [9.17, 15) is 9.18 Å². The van der Waals surface area contributed by atoms with Crippen LogP contribution in [0.25, 0.3) is 11.3 Å². The Kier molecular flexibility index (Phi) is 4.65. The third kappa shape index (κ3) is 3.60. The maximum absolute atomic E-state index is 13.2. The summed E-state index contributed by atoms with van der Waals surface area (Å²) in [6, 6.07) is 11.2. The molecule has 6 nitrogen and oxygen atoms in total. The van der Waals surface area contributed by atoms with Crippen molar-refractivity contribution in [1.82, 2.24) is 4.98 Å². The molecule has 3 rings (SSSR count). The van der Waals surface area contributed by atoms with Gasteiger partial charge in [-0.3, -0.25) is 4.79 Å². The zero-order valence-electron chi connectivity index (χ0n) is 13.5. The van der Waals surface area contributed by atoms with Gasteiger partial charge in [0.05, 0.1) is 18.9 Å². The number of hydrogen-bond donors (Lipinski definition) is 1. The van der Waals surface area contributed by atoms with Crippen molar-refractivity contribution in [2.24, 2.45) is 5.73 Å². The Bertz CT molecular complexity index is 864. The molecule has 3 aromatic rings. The van der Waals surface area contributed by atoms with Gasteiger partial charge in [-0.15, -0.1) is 0 Å². The number of carbonyl (C=O) groups excluding carboxylic acids is 1. The second-order valence-electron chi connectivity index (χ2n) is 5.28. The van der Waals surface area contributed by atoms with Crippen molar-refractivity contribution in [2.75, 3.05) is 18.6 Å². The van der Waals surface area contributed by atoms with Crippen LogP contribution in [0.1, 0.15) is 0 Å². The fraction of sp³-hybridized carbons (Fsp3) is 0.111. The Morgan fingerprint density at radius 3 is 2.56 bits per heavy atom. The van der Waals surface area contributed by atoms with E-state index in [1.807, 2.05) is 0 Å². The molecule has 0 atom stereocenters. The van der Waals surface area contributed by atoms with Crippen LogP contribution in [0.2, 0.25) is 0 Å². The van der Waals surface area contributed by atoms with Crippen LogP contribution in [-0.4, -0.2) is 24.5 Å². The summed E-state index contributed by atoms with van der Waals surface area (Å²) in [6.07, 6.45) is 2.92. The lowest BCUT2D eigenvalue weighted by atomic mass is 10.1. The molecular weight excluding hydrogens is 325 g/mol. The first kappa shape index (κ1) is 16.5. The van der Waals surface area contributed by atoms with Gasteiger partial charge in [0.1, 0.15) is 18.1 Å². The van der Waals surface area contributed by atoms with Crippen LogP contribution in [0, 0.1) is 5.82 Å². The molecule has 0 aliphatic rings. The second kappa shape index (κ2) is 7.04. The summed E-state index contributed by atoms with van der Waals surface area (Å²) >= 11 is 0. The Hall–Kier alpha value is -3.35. The van der Waals surface area contributed by atoms with Gasteiger partial charge in [-0.05, 0) is 36.4 Å². The van der Waals surface area contributed by atoms with Gasteiger partial charge in [0, 0.05) is 17.4 Å². The SMILES string of the molecule is COc1cc(N(CC(N)=O)c2ccc(F)cc2)ccc1-c1cnco1. The molecule has 0 unspecified atom stereocenters. The van der Waals surface area contributed by atoms with Crippen molar-refractivity contribution >= 4 is 17.3 Å². The summed E-state index contributed by atoms with van der Waals surface area (Å²) in [4.78, 5) is 17.1. The van der Waals surface area contributed by atoms with Crippen molar-refractivity contribution in [2.45, 2.75) is 0 Å². The summed E-state index contributed by atoms with van der Waals surface area (Å²) in [7, 11) is 1.54. The van der Waals surface area contributed by atoms with Gasteiger partial charge >= 0.3 is 0 Å². The fourth-order valence-corrected chi connectivity index (χ4v) is 2.51. The first-order chi connectivity index (χ1) is 12.1. The number of hydrogen-bond acceptors (Lipinski definition) is 5. The van der Waals surface area contributed by atoms with E-state index >= 15 is 0 Å². The number of oxazole rings is 1. The summed E-state index contributed by atoms with van der Waals surface area (Å²) in [5, 5.41) is 0. The van der Waals surface area contributed by atoms with Crippen molar-refractivity contribution in [3.63, 3.8) is 0 Å². The van der Waals surface area contributed by atoms with Crippen LogP contribution in [0.4, 0.5) is 15.8 Å². The van der Waals surface area contributed by atoms with Crippen LogP contribution < -0.4 is 15.4 Å². The molecule has 7 heteroatoms. The van der Waals surface area contributed by atoms with Crippen molar-refractivity contribution in [3.8, 4) is 17.1 Å². The molecule has 2 aromatic carbocycles. The number of aromatic nitrogens is 1. The van der Waals surface area contributed by atoms with Crippen molar-refractivity contribution in [1.29, 1.82) is 0 Å². The number of amides is 1. The average molecular weight is 341 g/mol. The van der Waals surface area contributed by atoms with E-state index < -0.39 is 5.91 Å². The zero-order chi connectivity index (χ0) is 17.8. The molecule has 0 radical (unpaired) electrons. The predicted molar refractivity (Wildman–Crippen MR) is 91.1 cm³/mol. The van der Waals surface area contributed by atoms with E-state index in [0.29, 0.717) is 22.9 Å². The number of carbonyl (C=O) groups is 1. The lowest BCUT2D eigenvalue weighted by Gasteiger charge is -2.24. The van der Waals surface area contributed by atoms with Gasteiger partial charge in [-0.25, -0.2) is 9.37 Å². The smallest absolute Gasteiger partial charge is 0.237 e. The van der Waals surface area contributed by atoms with Crippen LogP contribution in [0.5, 0.6) is 5.75 Å². The Morgan fingerprint density at radius 2 is 1.96 bits per heavy atom. The van der Waals surface area contributed by atoms with Crippen LogP contribution in [0.3, 0.4) is 0 Å². The number of methoxy groups -OCH3 is 1. The maximum atomic E-state index is 13.2. The highest BCUT2D eigenvalue weighted by molar-refractivity contribution is 5.84. The Balaban J connectivity index is 2.03. The zero-order valence-corrected chi connectivity index (χ0v) is 13.5. The largest absolute Gasteiger partial charge is 0.496 e. The number of benzene rings is 2. The highest BCUT2D eigenvalue weighted by Crippen LogP contribution is 2.35. The summed E-state index contributed by atoms with van der Waals surface area (Å²) in [5.41, 5.74) is 7.40. The first-order valence-corrected chi connectivity index (χ1v) is 7.47. The standard InChI is InChI=1S/C18H16FN3O3/c1-24-16-8-14(6-7-15(16)17-9-21-11-25-17)22(10-18(20)23)13-4-2-12(19)3-5-13/h2-9,11H,10H2,1H3,(H2,20,23). The third-order valence-corrected chi connectivity index (χ3v) is 3.65. The minimum atomic E-state index is -0.511. The lowest BCUT2D eigenvalue weighted by Crippen LogP contribution is -2.30. The molecular formula is C18H16FN3O3. The van der Waals surface area contributed by atoms with Gasteiger partial charge in [0.25, 0.3) is 0 Å². The maximum Gasteiger partial charge on any atom is 0.237 e. The van der Waals surface area contributed by atoms with Gasteiger partial charge < -0.3 is 19.8 Å². The molecule has 128 valence electrons. The van der Waals surface area contributed by atoms with E-state index in [2.05, 4.69) is 4.98 Å². The lowest BCUT2D eigenvalue weighted by molar-refractivity contribution is -0.116. The Labute approximate surface area is 143 Å². The van der Waals surface area contributed by atoms with Gasteiger partial charge in [-0.1, -0.05) is 0 Å². The highest BCUT2D eigenvalue weighted by atomic mass is 19.1. The monoisotopic (exact) mass is 341 g/mol.